The lowest BCUT2D eigenvalue weighted by molar-refractivity contribution is -0.122. The van der Waals surface area contributed by atoms with Crippen LogP contribution in [-0.2, 0) is 4.79 Å². The maximum Gasteiger partial charge on any atom is 0.221 e. The third kappa shape index (κ3) is 7.74. The summed E-state index contributed by atoms with van der Waals surface area (Å²) in [5, 5.41) is 11.8. The van der Waals surface area contributed by atoms with Crippen LogP contribution in [0.3, 0.4) is 0 Å². The average Bonchev–Trinajstić information content (AvgIpc) is 1.80. The first-order valence-corrected chi connectivity index (χ1v) is 4.64. The molecule has 0 aliphatic carbocycles. The fourth-order valence-electron chi connectivity index (χ4n) is 1.20. The Kier molecular flexibility index (Phi) is 5.66. The van der Waals surface area contributed by atoms with Gasteiger partial charge in [-0.3, -0.25) is 4.79 Å². The molecule has 4 N–H and O–H groups in total. The van der Waals surface area contributed by atoms with Gasteiger partial charge in [0.15, 0.2) is 0 Å². The first-order chi connectivity index (χ1) is 5.91. The van der Waals surface area contributed by atoms with Crippen LogP contribution in [0.15, 0.2) is 0 Å². The molecule has 0 fully saturated rings. The number of amides is 1. The molecule has 0 bridgehead atoms. The Labute approximate surface area is 79.5 Å². The Bertz CT molecular complexity index is 158. The Morgan fingerprint density at radius 2 is 2.00 bits per heavy atom. The Balaban J connectivity index is 3.65. The standard InChI is InChI=1S/C9H20N2O2/c1-6(10)4-9(13)11-7(2)5-8(3)12/h6-8,12H,4-5,10H2,1-3H3,(H,11,13). The van der Waals surface area contributed by atoms with E-state index >= 15 is 0 Å². The first kappa shape index (κ1) is 12.4. The van der Waals surface area contributed by atoms with Crippen molar-refractivity contribution < 1.29 is 9.90 Å². The van der Waals surface area contributed by atoms with Gasteiger partial charge < -0.3 is 16.2 Å². The van der Waals surface area contributed by atoms with Gasteiger partial charge in [0.05, 0.1) is 6.10 Å². The van der Waals surface area contributed by atoms with E-state index in [1.807, 2.05) is 6.92 Å². The lowest BCUT2D eigenvalue weighted by Gasteiger charge is -2.15. The Morgan fingerprint density at radius 1 is 1.46 bits per heavy atom. The van der Waals surface area contributed by atoms with Crippen LogP contribution in [0.1, 0.15) is 33.6 Å². The van der Waals surface area contributed by atoms with E-state index in [0.29, 0.717) is 12.8 Å². The first-order valence-electron chi connectivity index (χ1n) is 4.64. The Morgan fingerprint density at radius 3 is 2.38 bits per heavy atom. The minimum Gasteiger partial charge on any atom is -0.393 e. The predicted molar refractivity (Wildman–Crippen MR) is 52.2 cm³/mol. The SMILES string of the molecule is CC(N)CC(=O)NC(C)CC(C)O. The van der Waals surface area contributed by atoms with Crippen molar-refractivity contribution in [2.75, 3.05) is 0 Å². The zero-order valence-corrected chi connectivity index (χ0v) is 8.58. The molecule has 78 valence electrons. The fraction of sp³-hybridized carbons (Fsp3) is 0.889. The molecule has 0 spiro atoms. The zero-order chi connectivity index (χ0) is 10.4. The molecule has 3 unspecified atom stereocenters. The van der Waals surface area contributed by atoms with E-state index in [1.165, 1.54) is 0 Å². The lowest BCUT2D eigenvalue weighted by Crippen LogP contribution is -2.37. The van der Waals surface area contributed by atoms with Crippen LogP contribution in [0, 0.1) is 0 Å². The monoisotopic (exact) mass is 188 g/mol. The van der Waals surface area contributed by atoms with E-state index in [1.54, 1.807) is 13.8 Å². The number of carbonyl (C=O) groups excluding carboxylic acids is 1. The van der Waals surface area contributed by atoms with Crippen molar-refractivity contribution in [2.45, 2.75) is 51.8 Å². The molecule has 0 radical (unpaired) electrons. The van der Waals surface area contributed by atoms with Gasteiger partial charge in [-0.15, -0.1) is 0 Å². The van der Waals surface area contributed by atoms with Crippen molar-refractivity contribution in [3.05, 3.63) is 0 Å². The molecule has 0 aliphatic heterocycles. The third-order valence-electron chi connectivity index (χ3n) is 1.61. The van der Waals surface area contributed by atoms with Crippen molar-refractivity contribution in [1.29, 1.82) is 0 Å². The number of nitrogens with two attached hydrogens (primary N) is 1. The van der Waals surface area contributed by atoms with Crippen LogP contribution in [0.25, 0.3) is 0 Å². The minimum atomic E-state index is -0.384. The van der Waals surface area contributed by atoms with E-state index in [-0.39, 0.29) is 24.1 Å². The van der Waals surface area contributed by atoms with Gasteiger partial charge in [-0.25, -0.2) is 0 Å². The molecule has 0 aromatic carbocycles. The van der Waals surface area contributed by atoms with Gasteiger partial charge in [0.1, 0.15) is 0 Å². The third-order valence-corrected chi connectivity index (χ3v) is 1.61. The van der Waals surface area contributed by atoms with Gasteiger partial charge in [-0.1, -0.05) is 0 Å². The van der Waals surface area contributed by atoms with Crippen molar-refractivity contribution in [1.82, 2.24) is 5.32 Å². The second-order valence-corrected chi connectivity index (χ2v) is 3.73. The number of hydrogen-bond donors (Lipinski definition) is 3. The Hall–Kier alpha value is -0.610. The summed E-state index contributed by atoms with van der Waals surface area (Å²) < 4.78 is 0. The summed E-state index contributed by atoms with van der Waals surface area (Å²) >= 11 is 0. The molecular weight excluding hydrogens is 168 g/mol. The van der Waals surface area contributed by atoms with Crippen molar-refractivity contribution >= 4 is 5.91 Å². The molecule has 0 aliphatic rings. The zero-order valence-electron chi connectivity index (χ0n) is 8.58. The maximum atomic E-state index is 11.2. The second-order valence-electron chi connectivity index (χ2n) is 3.73. The van der Waals surface area contributed by atoms with Gasteiger partial charge in [0.25, 0.3) is 0 Å². The molecule has 13 heavy (non-hydrogen) atoms. The van der Waals surface area contributed by atoms with Crippen LogP contribution >= 0.6 is 0 Å². The topological polar surface area (TPSA) is 75.4 Å². The van der Waals surface area contributed by atoms with E-state index in [9.17, 15) is 4.79 Å². The fourth-order valence-corrected chi connectivity index (χ4v) is 1.20. The molecule has 3 atom stereocenters. The molecular formula is C9H20N2O2. The van der Waals surface area contributed by atoms with E-state index in [4.69, 9.17) is 10.8 Å². The molecule has 4 heteroatoms. The molecule has 0 saturated carbocycles. The van der Waals surface area contributed by atoms with Crippen molar-refractivity contribution in [2.24, 2.45) is 5.73 Å². The highest BCUT2D eigenvalue weighted by Gasteiger charge is 2.10. The normalized spacial score (nSPS) is 17.6. The number of hydrogen-bond acceptors (Lipinski definition) is 3. The quantitative estimate of drug-likeness (QED) is 0.568. The van der Waals surface area contributed by atoms with Gasteiger partial charge in [0, 0.05) is 18.5 Å². The van der Waals surface area contributed by atoms with E-state index in [2.05, 4.69) is 5.32 Å². The summed E-state index contributed by atoms with van der Waals surface area (Å²) in [4.78, 5) is 11.2. The summed E-state index contributed by atoms with van der Waals surface area (Å²) in [5.41, 5.74) is 5.46. The predicted octanol–water partition coefficient (Wildman–Crippen LogP) is -0.000700. The molecule has 1 amide bonds. The van der Waals surface area contributed by atoms with Crippen LogP contribution in [0.5, 0.6) is 0 Å². The number of aliphatic hydroxyl groups is 1. The second kappa shape index (κ2) is 5.94. The minimum absolute atomic E-state index is 0.00579. The number of carbonyl (C=O) groups is 1. The van der Waals surface area contributed by atoms with Crippen molar-refractivity contribution in [3.8, 4) is 0 Å². The molecule has 0 heterocycles. The summed E-state index contributed by atoms with van der Waals surface area (Å²) in [6, 6.07) is -0.106. The molecule has 4 nitrogen and oxygen atoms in total. The smallest absolute Gasteiger partial charge is 0.221 e. The highest BCUT2D eigenvalue weighted by Crippen LogP contribution is 1.97. The van der Waals surface area contributed by atoms with Crippen LogP contribution in [-0.4, -0.2) is 29.2 Å². The van der Waals surface area contributed by atoms with Gasteiger partial charge in [-0.05, 0) is 27.2 Å². The summed E-state index contributed by atoms with van der Waals surface area (Å²) in [6.07, 6.45) is 0.528. The largest absolute Gasteiger partial charge is 0.393 e. The highest BCUT2D eigenvalue weighted by molar-refractivity contribution is 5.76. The van der Waals surface area contributed by atoms with Gasteiger partial charge in [0.2, 0.25) is 5.91 Å². The molecule has 0 rings (SSSR count). The van der Waals surface area contributed by atoms with E-state index < -0.39 is 0 Å². The van der Waals surface area contributed by atoms with Gasteiger partial charge in [-0.2, -0.15) is 0 Å². The highest BCUT2D eigenvalue weighted by atomic mass is 16.3. The lowest BCUT2D eigenvalue weighted by atomic mass is 10.1. The molecule has 0 aromatic rings. The van der Waals surface area contributed by atoms with Gasteiger partial charge >= 0.3 is 0 Å². The summed E-state index contributed by atoms with van der Waals surface area (Å²) in [7, 11) is 0. The molecule has 0 aromatic heterocycles. The van der Waals surface area contributed by atoms with Crippen molar-refractivity contribution in [3.63, 3.8) is 0 Å². The number of rotatable bonds is 5. The van der Waals surface area contributed by atoms with Crippen LogP contribution in [0.4, 0.5) is 0 Å². The van der Waals surface area contributed by atoms with Crippen LogP contribution in [0.2, 0.25) is 0 Å². The maximum absolute atomic E-state index is 11.2. The molecule has 0 saturated heterocycles. The number of aliphatic hydroxyl groups excluding tert-OH is 1. The number of nitrogens with one attached hydrogen (secondary N) is 1. The summed E-state index contributed by atoms with van der Waals surface area (Å²) in [5.74, 6) is -0.0526. The van der Waals surface area contributed by atoms with E-state index in [0.717, 1.165) is 0 Å². The average molecular weight is 188 g/mol. The summed E-state index contributed by atoms with van der Waals surface area (Å²) in [6.45, 7) is 5.36. The van der Waals surface area contributed by atoms with Crippen LogP contribution < -0.4 is 11.1 Å².